The average molecular weight is 330 g/mol. The van der Waals surface area contributed by atoms with Crippen LogP contribution < -0.4 is 20.7 Å². The fraction of sp³-hybridized carbons (Fsp3) is 0.250. The molecule has 0 aliphatic carbocycles. The largest absolute Gasteiger partial charge is 0.454 e. The maximum atomic E-state index is 12.2. The highest BCUT2D eigenvalue weighted by molar-refractivity contribution is 5.51. The van der Waals surface area contributed by atoms with Crippen molar-refractivity contribution in [2.24, 2.45) is 0 Å². The van der Waals surface area contributed by atoms with Crippen LogP contribution in [0.5, 0.6) is 11.5 Å². The second kappa shape index (κ2) is 5.19. The lowest BCUT2D eigenvalue weighted by Gasteiger charge is -2.15. The third-order valence-corrected chi connectivity index (χ3v) is 4.15. The van der Waals surface area contributed by atoms with Gasteiger partial charge in [0.15, 0.2) is 11.5 Å². The number of hydrogen-bond donors (Lipinski definition) is 2. The Morgan fingerprint density at radius 3 is 2.04 bits per heavy atom. The molecule has 0 unspecified atom stereocenters. The molecule has 24 heavy (non-hydrogen) atoms. The van der Waals surface area contributed by atoms with E-state index in [4.69, 9.17) is 18.5 Å². The van der Waals surface area contributed by atoms with Crippen LogP contribution in [0, 0.1) is 13.8 Å². The number of fused-ring (bicyclic) bond motifs is 1. The predicted molar refractivity (Wildman–Crippen MR) is 81.6 cm³/mol. The van der Waals surface area contributed by atoms with E-state index < -0.39 is 17.2 Å². The van der Waals surface area contributed by atoms with Crippen LogP contribution in [0.3, 0.4) is 0 Å². The van der Waals surface area contributed by atoms with Gasteiger partial charge in [0.25, 0.3) is 0 Å². The molecule has 0 saturated carbocycles. The first-order chi connectivity index (χ1) is 11.6. The zero-order valence-electron chi connectivity index (χ0n) is 13.0. The summed E-state index contributed by atoms with van der Waals surface area (Å²) in [7, 11) is 0. The normalized spacial score (nSPS) is 13.0. The number of aromatic amines is 2. The van der Waals surface area contributed by atoms with Crippen LogP contribution in [-0.2, 0) is 0 Å². The van der Waals surface area contributed by atoms with Crippen molar-refractivity contribution in [2.75, 3.05) is 6.79 Å². The molecule has 3 heterocycles. The highest BCUT2D eigenvalue weighted by Gasteiger charge is 2.31. The number of aryl methyl sites for hydroxylation is 2. The van der Waals surface area contributed by atoms with Gasteiger partial charge in [-0.05, 0) is 31.5 Å². The Kier molecular flexibility index (Phi) is 3.12. The van der Waals surface area contributed by atoms with Crippen LogP contribution in [0.4, 0.5) is 0 Å². The number of aromatic nitrogens is 2. The summed E-state index contributed by atoms with van der Waals surface area (Å²) in [5.74, 6) is 0.533. The number of nitrogens with one attached hydrogen (secondary N) is 2. The highest BCUT2D eigenvalue weighted by atomic mass is 16.7. The fourth-order valence-electron chi connectivity index (χ4n) is 3.01. The molecular weight excluding hydrogens is 316 g/mol. The first kappa shape index (κ1) is 14.4. The molecule has 8 heteroatoms. The first-order valence-electron chi connectivity index (χ1n) is 7.31. The fourth-order valence-corrected chi connectivity index (χ4v) is 3.01. The van der Waals surface area contributed by atoms with Gasteiger partial charge in [-0.15, -0.1) is 0 Å². The van der Waals surface area contributed by atoms with E-state index in [0.717, 1.165) is 0 Å². The minimum absolute atomic E-state index is 0.139. The van der Waals surface area contributed by atoms with Gasteiger partial charge in [-0.3, -0.25) is 0 Å². The molecule has 1 aromatic carbocycles. The minimum Gasteiger partial charge on any atom is -0.454 e. The molecule has 0 bridgehead atoms. The molecule has 0 atom stereocenters. The summed E-state index contributed by atoms with van der Waals surface area (Å²) in [6.45, 7) is 3.56. The van der Waals surface area contributed by atoms with E-state index >= 15 is 0 Å². The molecule has 4 rings (SSSR count). The second-order valence-corrected chi connectivity index (χ2v) is 5.61. The van der Waals surface area contributed by atoms with Crippen LogP contribution in [0.1, 0.15) is 34.0 Å². The van der Waals surface area contributed by atoms with Gasteiger partial charge in [-0.2, -0.15) is 0 Å². The summed E-state index contributed by atoms with van der Waals surface area (Å²) < 4.78 is 20.5. The summed E-state index contributed by atoms with van der Waals surface area (Å²) in [4.78, 5) is 24.4. The smallest absolute Gasteiger partial charge is 0.361 e. The minimum atomic E-state index is -0.649. The first-order valence-corrected chi connectivity index (χ1v) is 7.31. The van der Waals surface area contributed by atoms with E-state index in [1.165, 1.54) is 0 Å². The van der Waals surface area contributed by atoms with Gasteiger partial charge >= 0.3 is 11.3 Å². The predicted octanol–water partition coefficient (Wildman–Crippen LogP) is 1.77. The number of hydrogen-bond acceptors (Lipinski definition) is 6. The molecule has 124 valence electrons. The molecule has 0 radical (unpaired) electrons. The van der Waals surface area contributed by atoms with Gasteiger partial charge in [0, 0.05) is 0 Å². The molecule has 1 aliphatic rings. The van der Waals surface area contributed by atoms with Gasteiger partial charge in [0.2, 0.25) is 6.79 Å². The molecular formula is C16H14N2O6. The standard InChI is InChI=1S/C16H14N2O6/c1-7-12(15(19)23-17-7)14(13-8(2)18-24-16(13)20)9-3-4-10-11(5-9)22-6-21-10/h3-5,14,17-18H,6H2,1-2H3. The average Bonchev–Trinajstić information content (AvgIpc) is 3.24. The molecule has 0 saturated heterocycles. The Hall–Kier alpha value is -3.16. The van der Waals surface area contributed by atoms with Gasteiger partial charge in [-0.25, -0.2) is 19.9 Å². The highest BCUT2D eigenvalue weighted by Crippen LogP contribution is 2.38. The summed E-state index contributed by atoms with van der Waals surface area (Å²) >= 11 is 0. The van der Waals surface area contributed by atoms with Crippen molar-refractivity contribution in [1.29, 1.82) is 0 Å². The lowest BCUT2D eigenvalue weighted by molar-refractivity contribution is 0.174. The third kappa shape index (κ3) is 2.07. The van der Waals surface area contributed by atoms with Gasteiger partial charge < -0.3 is 18.5 Å². The molecule has 0 amide bonds. The molecule has 0 fully saturated rings. The zero-order valence-corrected chi connectivity index (χ0v) is 13.0. The number of benzene rings is 1. The van der Waals surface area contributed by atoms with Crippen molar-refractivity contribution in [3.05, 3.63) is 67.1 Å². The molecule has 2 aromatic heterocycles. The van der Waals surface area contributed by atoms with Crippen LogP contribution in [-0.4, -0.2) is 17.1 Å². The van der Waals surface area contributed by atoms with E-state index in [9.17, 15) is 9.59 Å². The Bertz CT molecular complexity index is 968. The van der Waals surface area contributed by atoms with Crippen molar-refractivity contribution >= 4 is 0 Å². The maximum Gasteiger partial charge on any atom is 0.361 e. The summed E-state index contributed by atoms with van der Waals surface area (Å²) in [6.07, 6.45) is 0. The quantitative estimate of drug-likeness (QED) is 0.757. The summed E-state index contributed by atoms with van der Waals surface area (Å²) in [6, 6.07) is 5.29. The second-order valence-electron chi connectivity index (χ2n) is 5.61. The van der Waals surface area contributed by atoms with Gasteiger partial charge in [0.05, 0.1) is 28.4 Å². The number of ether oxygens (including phenoxy) is 2. The number of H-pyrrole nitrogens is 2. The van der Waals surface area contributed by atoms with Gasteiger partial charge in [-0.1, -0.05) is 6.07 Å². The maximum absolute atomic E-state index is 12.2. The Morgan fingerprint density at radius 2 is 1.50 bits per heavy atom. The van der Waals surface area contributed by atoms with Crippen LogP contribution >= 0.6 is 0 Å². The third-order valence-electron chi connectivity index (χ3n) is 4.15. The van der Waals surface area contributed by atoms with E-state index in [0.29, 0.717) is 39.6 Å². The Balaban J connectivity index is 1.98. The van der Waals surface area contributed by atoms with Crippen molar-refractivity contribution in [3.8, 4) is 11.5 Å². The molecule has 0 spiro atoms. The lowest BCUT2D eigenvalue weighted by atomic mass is 9.85. The van der Waals surface area contributed by atoms with Crippen LogP contribution in [0.2, 0.25) is 0 Å². The van der Waals surface area contributed by atoms with E-state index in [1.54, 1.807) is 32.0 Å². The van der Waals surface area contributed by atoms with Crippen molar-refractivity contribution in [3.63, 3.8) is 0 Å². The zero-order chi connectivity index (χ0) is 16.8. The Labute approximate surface area is 134 Å². The van der Waals surface area contributed by atoms with Gasteiger partial charge in [0.1, 0.15) is 0 Å². The molecule has 1 aliphatic heterocycles. The van der Waals surface area contributed by atoms with E-state index in [-0.39, 0.29) is 6.79 Å². The molecule has 3 aromatic rings. The lowest BCUT2D eigenvalue weighted by Crippen LogP contribution is -2.18. The number of rotatable bonds is 3. The topological polar surface area (TPSA) is 110 Å². The molecule has 2 N–H and O–H groups in total. The van der Waals surface area contributed by atoms with Crippen LogP contribution in [0.15, 0.2) is 36.8 Å². The SMILES string of the molecule is Cc1[nH]oc(=O)c1C(c1ccc2c(c1)OCO2)c1c(C)[nH]oc1=O. The Morgan fingerprint density at radius 1 is 0.917 bits per heavy atom. The van der Waals surface area contributed by atoms with E-state index in [2.05, 4.69) is 10.3 Å². The summed E-state index contributed by atoms with van der Waals surface area (Å²) in [5.41, 5.74) is 1.42. The van der Waals surface area contributed by atoms with Crippen molar-refractivity contribution in [1.82, 2.24) is 10.3 Å². The van der Waals surface area contributed by atoms with Crippen molar-refractivity contribution in [2.45, 2.75) is 19.8 Å². The summed E-state index contributed by atoms with van der Waals surface area (Å²) in [5, 5.41) is 5.11. The van der Waals surface area contributed by atoms with E-state index in [1.807, 2.05) is 0 Å². The van der Waals surface area contributed by atoms with Crippen molar-refractivity contribution < 1.29 is 18.5 Å². The van der Waals surface area contributed by atoms with Crippen LogP contribution in [0.25, 0.3) is 0 Å². The monoisotopic (exact) mass is 330 g/mol. The molecule has 8 nitrogen and oxygen atoms in total.